The van der Waals surface area contributed by atoms with Crippen LogP contribution in [0.4, 0.5) is 0 Å². The molecule has 0 fully saturated rings. The Bertz CT molecular complexity index is 174. The number of halogens is 1. The highest BCUT2D eigenvalue weighted by Gasteiger charge is 2.03. The van der Waals surface area contributed by atoms with Crippen molar-refractivity contribution in [3.8, 4) is 0 Å². The van der Waals surface area contributed by atoms with Gasteiger partial charge >= 0.3 is 0 Å². The zero-order chi connectivity index (χ0) is 5.98. The molecule has 1 aliphatic rings. The van der Waals surface area contributed by atoms with Crippen LogP contribution in [0.1, 0.15) is 0 Å². The van der Waals surface area contributed by atoms with E-state index >= 15 is 0 Å². The summed E-state index contributed by atoms with van der Waals surface area (Å²) >= 11 is 3.18. The molecule has 2 heteroatoms. The highest BCUT2D eigenvalue weighted by atomic mass is 79.9. The SMILES string of the molecule is OC1=[C+]C=CC(Br)=C1. The smallest absolute Gasteiger partial charge is 0.288 e. The van der Waals surface area contributed by atoms with Crippen molar-refractivity contribution >= 4 is 15.9 Å². The quantitative estimate of drug-likeness (QED) is 0.554. The van der Waals surface area contributed by atoms with Crippen molar-refractivity contribution in [2.24, 2.45) is 0 Å². The molecule has 0 aliphatic heterocycles. The van der Waals surface area contributed by atoms with Gasteiger partial charge in [-0.05, 0) is 15.9 Å². The lowest BCUT2D eigenvalue weighted by Gasteiger charge is -1.83. The average molecular weight is 172 g/mol. The van der Waals surface area contributed by atoms with Crippen molar-refractivity contribution in [1.29, 1.82) is 0 Å². The van der Waals surface area contributed by atoms with E-state index < -0.39 is 0 Å². The van der Waals surface area contributed by atoms with Crippen molar-refractivity contribution in [3.63, 3.8) is 0 Å². The molecule has 0 spiro atoms. The van der Waals surface area contributed by atoms with Gasteiger partial charge in [0.2, 0.25) is 0 Å². The Morgan fingerprint density at radius 2 is 2.38 bits per heavy atom. The molecule has 40 valence electrons. The Hall–Kier alpha value is -0.590. The maximum Gasteiger partial charge on any atom is 0.288 e. The molecule has 0 aromatic rings. The molecule has 0 bridgehead atoms. The lowest BCUT2D eigenvalue weighted by atomic mass is 10.3. The van der Waals surface area contributed by atoms with Crippen LogP contribution in [-0.4, -0.2) is 5.11 Å². The second-order valence-electron chi connectivity index (χ2n) is 1.39. The van der Waals surface area contributed by atoms with Crippen LogP contribution in [0, 0.1) is 6.08 Å². The molecule has 1 N–H and O–H groups in total. The van der Waals surface area contributed by atoms with Gasteiger partial charge in [0.15, 0.2) is 0 Å². The topological polar surface area (TPSA) is 20.2 Å². The Kier molecular flexibility index (Phi) is 1.47. The highest BCUT2D eigenvalue weighted by molar-refractivity contribution is 9.11. The summed E-state index contributed by atoms with van der Waals surface area (Å²) < 4.78 is 0.869. The van der Waals surface area contributed by atoms with Gasteiger partial charge in [-0.1, -0.05) is 0 Å². The Labute approximate surface area is 56.2 Å². The molecule has 1 nitrogen and oxygen atoms in total. The van der Waals surface area contributed by atoms with Gasteiger partial charge in [-0.25, -0.2) is 0 Å². The fourth-order valence-electron chi connectivity index (χ4n) is 0.427. The van der Waals surface area contributed by atoms with E-state index in [1.807, 2.05) is 0 Å². The summed E-state index contributed by atoms with van der Waals surface area (Å²) in [5, 5.41) is 8.73. The second kappa shape index (κ2) is 2.12. The zero-order valence-electron chi connectivity index (χ0n) is 4.06. The number of rotatable bonds is 0. The molecule has 0 saturated heterocycles. The van der Waals surface area contributed by atoms with E-state index in [-0.39, 0.29) is 5.76 Å². The average Bonchev–Trinajstić information content (AvgIpc) is 1.64. The third kappa shape index (κ3) is 1.19. The van der Waals surface area contributed by atoms with E-state index in [4.69, 9.17) is 5.11 Å². The third-order valence-corrected chi connectivity index (χ3v) is 1.24. The summed E-state index contributed by atoms with van der Waals surface area (Å²) in [5.74, 6) is 0.166. The van der Waals surface area contributed by atoms with Crippen molar-refractivity contribution in [2.75, 3.05) is 0 Å². The summed E-state index contributed by atoms with van der Waals surface area (Å²) in [7, 11) is 0. The first-order chi connectivity index (χ1) is 3.79. The minimum atomic E-state index is 0.166. The summed E-state index contributed by atoms with van der Waals surface area (Å²) in [6.45, 7) is 0. The molecule has 1 aliphatic carbocycles. The van der Waals surface area contributed by atoms with Crippen LogP contribution in [0.2, 0.25) is 0 Å². The van der Waals surface area contributed by atoms with Gasteiger partial charge in [0.1, 0.15) is 16.6 Å². The van der Waals surface area contributed by atoms with Gasteiger partial charge in [0, 0.05) is 0 Å². The first-order valence-corrected chi connectivity index (χ1v) is 2.94. The number of aliphatic hydroxyl groups excluding tert-OH is 1. The molecular weight excluding hydrogens is 168 g/mol. The van der Waals surface area contributed by atoms with E-state index in [1.165, 1.54) is 0 Å². The molecule has 0 aromatic heterocycles. The molecule has 0 atom stereocenters. The van der Waals surface area contributed by atoms with Crippen LogP contribution in [0.3, 0.4) is 0 Å². The number of aliphatic hydroxyl groups is 1. The van der Waals surface area contributed by atoms with Crippen molar-refractivity contribution in [2.45, 2.75) is 0 Å². The van der Waals surface area contributed by atoms with Crippen LogP contribution in [0.5, 0.6) is 0 Å². The predicted molar refractivity (Wildman–Crippen MR) is 35.5 cm³/mol. The molecule has 0 unspecified atom stereocenters. The monoisotopic (exact) mass is 171 g/mol. The van der Waals surface area contributed by atoms with Gasteiger partial charge < -0.3 is 5.11 Å². The minimum Gasteiger partial charge on any atom is -0.481 e. The van der Waals surface area contributed by atoms with Crippen molar-refractivity contribution in [1.82, 2.24) is 0 Å². The fourth-order valence-corrected chi connectivity index (χ4v) is 0.776. The number of hydrogen-bond donors (Lipinski definition) is 1. The summed E-state index contributed by atoms with van der Waals surface area (Å²) in [4.78, 5) is 0. The van der Waals surface area contributed by atoms with E-state index in [0.29, 0.717) is 0 Å². The van der Waals surface area contributed by atoms with Crippen molar-refractivity contribution in [3.05, 3.63) is 34.5 Å². The zero-order valence-corrected chi connectivity index (χ0v) is 5.64. The number of hydrogen-bond acceptors (Lipinski definition) is 1. The first-order valence-electron chi connectivity index (χ1n) is 2.15. The minimum absolute atomic E-state index is 0.166. The molecule has 0 heterocycles. The lowest BCUT2D eigenvalue weighted by Crippen LogP contribution is -1.78. The lowest BCUT2D eigenvalue weighted by molar-refractivity contribution is 0.429. The van der Waals surface area contributed by atoms with Gasteiger partial charge in [0.25, 0.3) is 5.76 Å². The molecule has 0 amide bonds. The molecule has 0 radical (unpaired) electrons. The Balaban J connectivity index is 2.89. The Morgan fingerprint density at radius 1 is 1.62 bits per heavy atom. The third-order valence-electron chi connectivity index (χ3n) is 0.748. The van der Waals surface area contributed by atoms with E-state index in [1.54, 1.807) is 18.2 Å². The van der Waals surface area contributed by atoms with Crippen molar-refractivity contribution < 1.29 is 5.11 Å². The largest absolute Gasteiger partial charge is 0.481 e. The molecule has 0 aromatic carbocycles. The molecule has 0 saturated carbocycles. The number of allylic oxidation sites excluding steroid dienone is 5. The van der Waals surface area contributed by atoms with Crippen LogP contribution in [-0.2, 0) is 0 Å². The molecule has 8 heavy (non-hydrogen) atoms. The predicted octanol–water partition coefficient (Wildman–Crippen LogP) is 2.08. The summed E-state index contributed by atoms with van der Waals surface area (Å²) in [5.41, 5.74) is 0. The highest BCUT2D eigenvalue weighted by Crippen LogP contribution is 2.12. The summed E-state index contributed by atoms with van der Waals surface area (Å²) in [6, 6.07) is 0. The van der Waals surface area contributed by atoms with Crippen LogP contribution < -0.4 is 0 Å². The van der Waals surface area contributed by atoms with Gasteiger partial charge in [-0.3, -0.25) is 0 Å². The van der Waals surface area contributed by atoms with Gasteiger partial charge in [0.05, 0.1) is 12.2 Å². The standard InChI is InChI=1S/C6H3BrO/c7-5-2-1-3-6(8)4-5/h1-2,4H/p+1. The Morgan fingerprint density at radius 3 is 2.75 bits per heavy atom. The molecular formula is C6H4BrO+. The van der Waals surface area contributed by atoms with Gasteiger partial charge in [-0.15, -0.1) is 0 Å². The maximum atomic E-state index is 8.73. The molecule has 1 rings (SSSR count). The van der Waals surface area contributed by atoms with Crippen LogP contribution in [0.15, 0.2) is 28.5 Å². The van der Waals surface area contributed by atoms with E-state index in [9.17, 15) is 0 Å². The normalized spacial score (nSPS) is 16.6. The second-order valence-corrected chi connectivity index (χ2v) is 2.31. The summed E-state index contributed by atoms with van der Waals surface area (Å²) in [6.07, 6.45) is 7.64. The van der Waals surface area contributed by atoms with Gasteiger partial charge in [-0.2, -0.15) is 0 Å². The van der Waals surface area contributed by atoms with Crippen LogP contribution in [0.25, 0.3) is 0 Å². The van der Waals surface area contributed by atoms with E-state index in [2.05, 4.69) is 22.0 Å². The first kappa shape index (κ1) is 5.54. The van der Waals surface area contributed by atoms with Crippen LogP contribution >= 0.6 is 15.9 Å². The van der Waals surface area contributed by atoms with E-state index in [0.717, 1.165) is 4.48 Å². The fraction of sp³-hybridized carbons (Fsp3) is 0. The maximum absolute atomic E-state index is 8.73.